The third kappa shape index (κ3) is 5.83. The normalized spacial score (nSPS) is 18.5. The summed E-state index contributed by atoms with van der Waals surface area (Å²) in [6.45, 7) is 18.0. The largest absolute Gasteiger partial charge is 0.507 e. The Morgan fingerprint density at radius 2 is 1.53 bits per heavy atom. The fourth-order valence-electron chi connectivity index (χ4n) is 5.05. The van der Waals surface area contributed by atoms with Crippen LogP contribution in [0.2, 0.25) is 0 Å². The molecule has 0 radical (unpaired) electrons. The van der Waals surface area contributed by atoms with Crippen molar-refractivity contribution in [1.82, 2.24) is 14.9 Å². The first-order valence-electron chi connectivity index (χ1n) is 12.9. The van der Waals surface area contributed by atoms with Gasteiger partial charge in [0, 0.05) is 38.9 Å². The smallest absolute Gasteiger partial charge is 0.224 e. The van der Waals surface area contributed by atoms with E-state index in [1.807, 2.05) is 12.3 Å². The van der Waals surface area contributed by atoms with Gasteiger partial charge < -0.3 is 15.3 Å². The van der Waals surface area contributed by atoms with Crippen LogP contribution in [0.1, 0.15) is 83.9 Å². The van der Waals surface area contributed by atoms with Crippen molar-refractivity contribution in [2.24, 2.45) is 0 Å². The number of rotatable bonds is 5. The molecule has 3 heterocycles. The number of benzene rings is 1. The number of hydrogen-bond donors (Lipinski definition) is 2. The lowest BCUT2D eigenvalue weighted by Crippen LogP contribution is -2.54. The van der Waals surface area contributed by atoms with E-state index in [4.69, 9.17) is 4.98 Å². The van der Waals surface area contributed by atoms with E-state index < -0.39 is 0 Å². The van der Waals surface area contributed by atoms with Crippen molar-refractivity contribution in [2.75, 3.05) is 36.4 Å². The molecular weight excluding hydrogens is 422 g/mol. The Morgan fingerprint density at radius 1 is 0.941 bits per heavy atom. The van der Waals surface area contributed by atoms with E-state index in [2.05, 4.69) is 73.8 Å². The summed E-state index contributed by atoms with van der Waals surface area (Å²) in [5, 5.41) is 14.5. The molecule has 2 aromatic rings. The summed E-state index contributed by atoms with van der Waals surface area (Å²) >= 11 is 0. The van der Waals surface area contributed by atoms with Gasteiger partial charge in [-0.3, -0.25) is 4.90 Å². The first-order chi connectivity index (χ1) is 16.0. The minimum absolute atomic E-state index is 0.102. The molecule has 2 aliphatic heterocycles. The van der Waals surface area contributed by atoms with Crippen LogP contribution in [0, 0.1) is 0 Å². The topological polar surface area (TPSA) is 64.5 Å². The van der Waals surface area contributed by atoms with Gasteiger partial charge in [0.1, 0.15) is 11.6 Å². The number of hydrogen-bond acceptors (Lipinski definition) is 6. The molecule has 0 unspecified atom stereocenters. The zero-order valence-corrected chi connectivity index (χ0v) is 22.0. The molecule has 2 aliphatic rings. The van der Waals surface area contributed by atoms with Crippen molar-refractivity contribution in [3.8, 4) is 5.75 Å². The van der Waals surface area contributed by atoms with Crippen molar-refractivity contribution in [2.45, 2.75) is 90.6 Å². The van der Waals surface area contributed by atoms with Gasteiger partial charge in [-0.15, -0.1) is 0 Å². The third-order valence-corrected chi connectivity index (χ3v) is 7.05. The van der Waals surface area contributed by atoms with E-state index in [1.54, 1.807) is 0 Å². The molecule has 0 saturated carbocycles. The molecule has 1 aromatic heterocycles. The molecule has 0 spiro atoms. The van der Waals surface area contributed by atoms with Gasteiger partial charge in [-0.25, -0.2) is 4.98 Å². The van der Waals surface area contributed by atoms with Crippen LogP contribution < -0.4 is 10.2 Å². The molecule has 2 N–H and O–H groups in total. The average Bonchev–Trinajstić information content (AvgIpc) is 3.01. The van der Waals surface area contributed by atoms with E-state index in [0.717, 1.165) is 55.6 Å². The summed E-state index contributed by atoms with van der Waals surface area (Å²) in [6, 6.07) is 6.78. The molecule has 0 atom stereocenters. The Kier molecular flexibility index (Phi) is 7.09. The highest BCUT2D eigenvalue weighted by Crippen LogP contribution is 2.40. The van der Waals surface area contributed by atoms with Gasteiger partial charge in [-0.2, -0.15) is 4.98 Å². The Bertz CT molecular complexity index is 942. The maximum atomic E-state index is 11.0. The van der Waals surface area contributed by atoms with E-state index in [-0.39, 0.29) is 10.8 Å². The average molecular weight is 466 g/mol. The van der Waals surface area contributed by atoms with Gasteiger partial charge in [0.05, 0.1) is 6.04 Å². The Morgan fingerprint density at radius 3 is 2.09 bits per heavy atom. The van der Waals surface area contributed by atoms with Crippen LogP contribution >= 0.6 is 0 Å². The highest BCUT2D eigenvalue weighted by atomic mass is 16.3. The van der Waals surface area contributed by atoms with Crippen LogP contribution in [0.25, 0.3) is 0 Å². The van der Waals surface area contributed by atoms with Crippen molar-refractivity contribution in [3.63, 3.8) is 0 Å². The Balaban J connectivity index is 1.39. The highest BCUT2D eigenvalue weighted by molar-refractivity contribution is 5.50. The van der Waals surface area contributed by atoms with Gasteiger partial charge in [-0.05, 0) is 46.4 Å². The van der Waals surface area contributed by atoms with Crippen molar-refractivity contribution >= 4 is 11.8 Å². The third-order valence-electron chi connectivity index (χ3n) is 7.05. The summed E-state index contributed by atoms with van der Waals surface area (Å²) in [6.07, 6.45) is 7.01. The van der Waals surface area contributed by atoms with E-state index >= 15 is 0 Å². The zero-order chi connectivity index (χ0) is 24.5. The van der Waals surface area contributed by atoms with E-state index in [0.29, 0.717) is 11.8 Å². The molecule has 0 amide bonds. The predicted molar refractivity (Wildman–Crippen MR) is 141 cm³/mol. The van der Waals surface area contributed by atoms with Crippen molar-refractivity contribution < 1.29 is 5.11 Å². The SMILES string of the molecule is CC(C)(C)c1cc(CN2CC(Nc3nccc(N4CCCCCC4)n3)C2)cc(C(C)(C)C)c1O. The molecule has 2 fully saturated rings. The lowest BCUT2D eigenvalue weighted by molar-refractivity contribution is 0.152. The maximum absolute atomic E-state index is 11.0. The fraction of sp³-hybridized carbons (Fsp3) is 0.643. The molecule has 0 bridgehead atoms. The lowest BCUT2D eigenvalue weighted by atomic mass is 9.78. The first-order valence-corrected chi connectivity index (χ1v) is 12.9. The molecule has 0 aliphatic carbocycles. The summed E-state index contributed by atoms with van der Waals surface area (Å²) in [5.74, 6) is 2.23. The quantitative estimate of drug-likeness (QED) is 0.612. The van der Waals surface area contributed by atoms with Crippen molar-refractivity contribution in [1.29, 1.82) is 0 Å². The van der Waals surface area contributed by atoms with E-state index in [9.17, 15) is 5.11 Å². The summed E-state index contributed by atoms with van der Waals surface area (Å²) < 4.78 is 0. The van der Waals surface area contributed by atoms with Gasteiger partial charge in [-0.1, -0.05) is 66.5 Å². The van der Waals surface area contributed by atoms with Crippen LogP contribution in [-0.4, -0.2) is 52.2 Å². The predicted octanol–water partition coefficient (Wildman–Crippen LogP) is 5.45. The minimum atomic E-state index is -0.102. The molecule has 6 nitrogen and oxygen atoms in total. The number of anilines is 2. The van der Waals surface area contributed by atoms with Crippen LogP contribution in [0.3, 0.4) is 0 Å². The monoisotopic (exact) mass is 465 g/mol. The van der Waals surface area contributed by atoms with Gasteiger partial charge in [0.2, 0.25) is 5.95 Å². The van der Waals surface area contributed by atoms with E-state index in [1.165, 1.54) is 31.2 Å². The molecule has 2 saturated heterocycles. The van der Waals surface area contributed by atoms with Gasteiger partial charge in [0.25, 0.3) is 0 Å². The Hall–Kier alpha value is -2.34. The number of likely N-dealkylation sites (tertiary alicyclic amines) is 1. The minimum Gasteiger partial charge on any atom is -0.507 e. The zero-order valence-electron chi connectivity index (χ0n) is 22.0. The van der Waals surface area contributed by atoms with Crippen molar-refractivity contribution in [3.05, 3.63) is 41.1 Å². The summed E-state index contributed by atoms with van der Waals surface area (Å²) in [7, 11) is 0. The maximum Gasteiger partial charge on any atom is 0.224 e. The fourth-order valence-corrected chi connectivity index (χ4v) is 5.05. The molecule has 6 heteroatoms. The van der Waals surface area contributed by atoms with Crippen LogP contribution in [0.15, 0.2) is 24.4 Å². The first kappa shape index (κ1) is 24.8. The van der Waals surface area contributed by atoms with Gasteiger partial charge >= 0.3 is 0 Å². The summed E-state index contributed by atoms with van der Waals surface area (Å²) in [5.41, 5.74) is 3.13. The van der Waals surface area contributed by atoms with Crippen LogP contribution in [0.5, 0.6) is 5.75 Å². The van der Waals surface area contributed by atoms with Crippen LogP contribution in [-0.2, 0) is 17.4 Å². The second-order valence-corrected chi connectivity index (χ2v) is 12.2. The molecule has 4 rings (SSSR count). The standard InChI is InChI=1S/C28H43N5O/c1-27(2,3)22-15-20(16-23(25(22)34)28(4,5)6)17-32-18-21(19-32)30-26-29-12-11-24(31-26)33-13-9-7-8-10-14-33/h11-12,15-16,21,34H,7-10,13-14,17-19H2,1-6H3,(H,29,30,31). The highest BCUT2D eigenvalue weighted by Gasteiger charge is 2.30. The Labute approximate surface area is 205 Å². The number of phenolic OH excluding ortho intramolecular Hbond substituents is 1. The summed E-state index contributed by atoms with van der Waals surface area (Å²) in [4.78, 5) is 14.1. The number of phenols is 1. The number of nitrogens with zero attached hydrogens (tertiary/aromatic N) is 4. The van der Waals surface area contributed by atoms with Crippen LogP contribution in [0.4, 0.5) is 11.8 Å². The second kappa shape index (κ2) is 9.73. The number of aromatic hydroxyl groups is 1. The molecule has 34 heavy (non-hydrogen) atoms. The number of aromatic nitrogens is 2. The number of nitrogens with one attached hydrogen (secondary N) is 1. The lowest BCUT2D eigenvalue weighted by Gasteiger charge is -2.40. The molecular formula is C28H43N5O. The van der Waals surface area contributed by atoms with Gasteiger partial charge in [0.15, 0.2) is 0 Å². The molecule has 186 valence electrons. The molecule has 1 aromatic carbocycles. The second-order valence-electron chi connectivity index (χ2n) is 12.2.